The van der Waals surface area contributed by atoms with Crippen LogP contribution in [0, 0.1) is 0 Å². The average Bonchev–Trinajstić information content (AvgIpc) is 3.22. The molecule has 1 amide bonds. The molecule has 7 heteroatoms. The zero-order chi connectivity index (χ0) is 20.1. The van der Waals surface area contributed by atoms with Crippen LogP contribution in [0.5, 0.6) is 11.5 Å². The fourth-order valence-corrected chi connectivity index (χ4v) is 3.61. The van der Waals surface area contributed by atoms with Crippen LogP contribution in [0.2, 0.25) is 0 Å². The Balaban J connectivity index is 1.27. The van der Waals surface area contributed by atoms with Crippen molar-refractivity contribution in [2.24, 2.45) is 0 Å². The van der Waals surface area contributed by atoms with Crippen molar-refractivity contribution in [1.82, 2.24) is 14.8 Å². The largest absolute Gasteiger partial charge is 0.454 e. The highest BCUT2D eigenvalue weighted by Gasteiger charge is 2.23. The molecule has 0 spiro atoms. The van der Waals surface area contributed by atoms with E-state index < -0.39 is 0 Å². The van der Waals surface area contributed by atoms with Crippen LogP contribution < -0.4 is 14.8 Å². The maximum atomic E-state index is 12.8. The third-order valence-corrected chi connectivity index (χ3v) is 5.35. The Labute approximate surface area is 171 Å². The number of carbonyl (C=O) groups is 1. The monoisotopic (exact) mass is 396 g/mol. The highest BCUT2D eigenvalue weighted by atomic mass is 16.7. The third kappa shape index (κ3) is 4.79. The predicted molar refractivity (Wildman–Crippen MR) is 111 cm³/mol. The van der Waals surface area contributed by atoms with Crippen LogP contribution in [0.3, 0.4) is 0 Å². The second-order valence-electron chi connectivity index (χ2n) is 7.47. The van der Waals surface area contributed by atoms with Gasteiger partial charge in [-0.25, -0.2) is 4.98 Å². The Bertz CT molecular complexity index is 832. The van der Waals surface area contributed by atoms with Crippen molar-refractivity contribution in [1.29, 1.82) is 0 Å². The summed E-state index contributed by atoms with van der Waals surface area (Å²) in [5.74, 6) is 2.50. The molecule has 7 nitrogen and oxygen atoms in total. The maximum absolute atomic E-state index is 12.8. The lowest BCUT2D eigenvalue weighted by Crippen LogP contribution is -2.48. The number of hydrogen-bond donors (Lipinski definition) is 1. The van der Waals surface area contributed by atoms with Gasteiger partial charge < -0.3 is 19.7 Å². The lowest BCUT2D eigenvalue weighted by Gasteiger charge is -2.34. The molecule has 0 saturated carbocycles. The Hall–Kier alpha value is -2.80. The van der Waals surface area contributed by atoms with Gasteiger partial charge in [-0.1, -0.05) is 19.4 Å². The van der Waals surface area contributed by atoms with Crippen LogP contribution in [0.25, 0.3) is 0 Å². The molecule has 1 aromatic carbocycles. The number of carbonyl (C=O) groups excluding carboxylic acids is 1. The zero-order valence-corrected chi connectivity index (χ0v) is 16.9. The van der Waals surface area contributed by atoms with Crippen molar-refractivity contribution in [3.8, 4) is 11.5 Å². The SMILES string of the molecule is CCCCNc1ccc(C(=O)N2CCN(Cc3ccc4c(c3)OCO4)CC2)cn1. The van der Waals surface area contributed by atoms with E-state index in [0.29, 0.717) is 12.4 Å². The number of nitrogens with one attached hydrogen (secondary N) is 1. The first-order valence-corrected chi connectivity index (χ1v) is 10.3. The molecular formula is C22H28N4O3. The molecular weight excluding hydrogens is 368 g/mol. The number of amides is 1. The van der Waals surface area contributed by atoms with Gasteiger partial charge in [0.1, 0.15) is 5.82 Å². The third-order valence-electron chi connectivity index (χ3n) is 5.35. The minimum Gasteiger partial charge on any atom is -0.454 e. The quantitative estimate of drug-likeness (QED) is 0.726. The van der Waals surface area contributed by atoms with Gasteiger partial charge in [0.2, 0.25) is 6.79 Å². The number of unbranched alkanes of at least 4 members (excludes halogenated alkanes) is 1. The number of pyridine rings is 1. The van der Waals surface area contributed by atoms with E-state index >= 15 is 0 Å². The smallest absolute Gasteiger partial charge is 0.255 e. The summed E-state index contributed by atoms with van der Waals surface area (Å²) in [6.45, 7) is 7.35. The van der Waals surface area contributed by atoms with E-state index in [1.165, 1.54) is 5.56 Å². The first kappa shape index (κ1) is 19.5. The van der Waals surface area contributed by atoms with Gasteiger partial charge >= 0.3 is 0 Å². The minimum absolute atomic E-state index is 0.0559. The average molecular weight is 396 g/mol. The number of fused-ring (bicyclic) bond motifs is 1. The number of piperazine rings is 1. The summed E-state index contributed by atoms with van der Waals surface area (Å²) in [6.07, 6.45) is 3.93. The molecule has 4 rings (SSSR count). The van der Waals surface area contributed by atoms with E-state index in [1.807, 2.05) is 29.2 Å². The lowest BCUT2D eigenvalue weighted by molar-refractivity contribution is 0.0628. The molecule has 0 atom stereocenters. The van der Waals surface area contributed by atoms with Gasteiger partial charge in [-0.2, -0.15) is 0 Å². The highest BCUT2D eigenvalue weighted by molar-refractivity contribution is 5.94. The van der Waals surface area contributed by atoms with Gasteiger partial charge in [-0.05, 0) is 36.2 Å². The number of nitrogens with zero attached hydrogens (tertiary/aromatic N) is 3. The predicted octanol–water partition coefficient (Wildman–Crippen LogP) is 2.98. The normalized spacial score (nSPS) is 16.1. The van der Waals surface area contributed by atoms with Gasteiger partial charge in [-0.15, -0.1) is 0 Å². The van der Waals surface area contributed by atoms with Crippen molar-refractivity contribution in [3.05, 3.63) is 47.7 Å². The molecule has 0 radical (unpaired) electrons. The lowest BCUT2D eigenvalue weighted by atomic mass is 10.1. The Morgan fingerprint density at radius 2 is 1.93 bits per heavy atom. The second-order valence-corrected chi connectivity index (χ2v) is 7.47. The number of hydrogen-bond acceptors (Lipinski definition) is 6. The fourth-order valence-electron chi connectivity index (χ4n) is 3.61. The van der Waals surface area contributed by atoms with Gasteiger partial charge in [0.25, 0.3) is 5.91 Å². The molecule has 29 heavy (non-hydrogen) atoms. The summed E-state index contributed by atoms with van der Waals surface area (Å²) in [4.78, 5) is 21.4. The first-order valence-electron chi connectivity index (χ1n) is 10.3. The van der Waals surface area contributed by atoms with Crippen LogP contribution in [0.15, 0.2) is 36.5 Å². The van der Waals surface area contributed by atoms with Gasteiger partial charge in [0.15, 0.2) is 11.5 Å². The van der Waals surface area contributed by atoms with E-state index in [1.54, 1.807) is 6.20 Å². The highest BCUT2D eigenvalue weighted by Crippen LogP contribution is 2.32. The van der Waals surface area contributed by atoms with Crippen LogP contribution in [-0.4, -0.2) is 60.2 Å². The number of ether oxygens (including phenoxy) is 2. The summed E-state index contributed by atoms with van der Waals surface area (Å²) in [7, 11) is 0. The molecule has 2 aliphatic heterocycles. The summed E-state index contributed by atoms with van der Waals surface area (Å²) >= 11 is 0. The summed E-state index contributed by atoms with van der Waals surface area (Å²) in [5.41, 5.74) is 1.85. The maximum Gasteiger partial charge on any atom is 0.255 e. The molecule has 154 valence electrons. The summed E-state index contributed by atoms with van der Waals surface area (Å²) in [6, 6.07) is 9.83. The topological polar surface area (TPSA) is 66.9 Å². The van der Waals surface area contributed by atoms with E-state index in [4.69, 9.17) is 9.47 Å². The zero-order valence-electron chi connectivity index (χ0n) is 16.9. The number of anilines is 1. The standard InChI is InChI=1S/C22H28N4O3/c1-2-3-8-23-21-7-5-18(14-24-21)22(27)26-11-9-25(10-12-26)15-17-4-6-19-20(13-17)29-16-28-19/h4-7,13-14H,2-3,8-12,15-16H2,1H3,(H,23,24). The number of benzene rings is 1. The molecule has 2 aliphatic rings. The van der Waals surface area contributed by atoms with Crippen molar-refractivity contribution >= 4 is 11.7 Å². The molecule has 0 unspecified atom stereocenters. The second kappa shape index (κ2) is 9.13. The molecule has 1 aromatic heterocycles. The summed E-state index contributed by atoms with van der Waals surface area (Å²) in [5, 5.41) is 3.28. The Morgan fingerprint density at radius 1 is 1.10 bits per heavy atom. The fraction of sp³-hybridized carbons (Fsp3) is 0.455. The van der Waals surface area contributed by atoms with Crippen LogP contribution in [-0.2, 0) is 6.54 Å². The van der Waals surface area contributed by atoms with Crippen molar-refractivity contribution in [3.63, 3.8) is 0 Å². The summed E-state index contributed by atoms with van der Waals surface area (Å²) < 4.78 is 10.8. The van der Waals surface area contributed by atoms with E-state index in [2.05, 4.69) is 28.2 Å². The Kier molecular flexibility index (Phi) is 6.14. The Morgan fingerprint density at radius 3 is 2.69 bits per heavy atom. The van der Waals surface area contributed by atoms with Gasteiger partial charge in [-0.3, -0.25) is 9.69 Å². The van der Waals surface area contributed by atoms with E-state index in [9.17, 15) is 4.79 Å². The van der Waals surface area contributed by atoms with Gasteiger partial charge in [0, 0.05) is 45.5 Å². The van der Waals surface area contributed by atoms with Crippen molar-refractivity contribution in [2.45, 2.75) is 26.3 Å². The number of rotatable bonds is 7. The van der Waals surface area contributed by atoms with Crippen LogP contribution in [0.1, 0.15) is 35.7 Å². The first-order chi connectivity index (χ1) is 14.2. The van der Waals surface area contributed by atoms with E-state index in [-0.39, 0.29) is 5.91 Å². The molecule has 1 N–H and O–H groups in total. The van der Waals surface area contributed by atoms with Crippen LogP contribution >= 0.6 is 0 Å². The van der Waals surface area contributed by atoms with Gasteiger partial charge in [0.05, 0.1) is 5.56 Å². The molecule has 1 fully saturated rings. The minimum atomic E-state index is 0.0559. The number of aromatic nitrogens is 1. The van der Waals surface area contributed by atoms with E-state index in [0.717, 1.165) is 69.4 Å². The molecule has 1 saturated heterocycles. The van der Waals surface area contributed by atoms with Crippen molar-refractivity contribution in [2.75, 3.05) is 44.8 Å². The van der Waals surface area contributed by atoms with Crippen molar-refractivity contribution < 1.29 is 14.3 Å². The molecule has 0 bridgehead atoms. The molecule has 0 aliphatic carbocycles. The van der Waals surface area contributed by atoms with Crippen LogP contribution in [0.4, 0.5) is 5.82 Å². The molecule has 2 aromatic rings. The molecule has 3 heterocycles.